The van der Waals surface area contributed by atoms with Gasteiger partial charge in [0.15, 0.2) is 5.58 Å². The highest BCUT2D eigenvalue weighted by molar-refractivity contribution is 6.35. The fourth-order valence-corrected chi connectivity index (χ4v) is 5.55. The lowest BCUT2D eigenvalue weighted by Gasteiger charge is -2.42. The van der Waals surface area contributed by atoms with Crippen LogP contribution in [-0.2, 0) is 16.8 Å². The molecule has 2 aliphatic heterocycles. The maximum atomic E-state index is 12.4. The van der Waals surface area contributed by atoms with E-state index in [0.29, 0.717) is 29.1 Å². The van der Waals surface area contributed by atoms with Crippen LogP contribution in [0.4, 0.5) is 10.5 Å². The van der Waals surface area contributed by atoms with Crippen molar-refractivity contribution in [3.63, 3.8) is 0 Å². The fourth-order valence-electron chi connectivity index (χ4n) is 5.30. The van der Waals surface area contributed by atoms with Gasteiger partial charge in [-0.25, -0.2) is 9.78 Å². The van der Waals surface area contributed by atoms with Gasteiger partial charge in [-0.2, -0.15) is 0 Å². The van der Waals surface area contributed by atoms with Crippen LogP contribution in [0.2, 0.25) is 5.02 Å². The summed E-state index contributed by atoms with van der Waals surface area (Å²) in [6.45, 7) is 3.48. The number of hydrogen-bond donors (Lipinski definition) is 2. The maximum absolute atomic E-state index is 12.4. The number of halogens is 1. The van der Waals surface area contributed by atoms with Gasteiger partial charge in [-0.1, -0.05) is 30.9 Å². The molecule has 0 bridgehead atoms. The third-order valence-corrected chi connectivity index (χ3v) is 6.88. The number of oxazole rings is 1. The monoisotopic (exact) mass is 418 g/mol. The van der Waals surface area contributed by atoms with E-state index in [2.05, 4.69) is 15.5 Å². The predicted octanol–water partition coefficient (Wildman–Crippen LogP) is 4.24. The molecule has 1 saturated carbocycles. The molecule has 0 radical (unpaired) electrons. The Hall–Kier alpha value is -1.83. The molecule has 29 heavy (non-hydrogen) atoms. The van der Waals surface area contributed by atoms with E-state index in [-0.39, 0.29) is 6.03 Å². The highest BCUT2D eigenvalue weighted by Gasteiger charge is 2.44. The first-order chi connectivity index (χ1) is 14.1. The average molecular weight is 419 g/mol. The number of methoxy groups -OCH3 is 1. The van der Waals surface area contributed by atoms with Crippen molar-refractivity contribution in [3.05, 3.63) is 22.5 Å². The summed E-state index contributed by atoms with van der Waals surface area (Å²) < 4.78 is 11.6. The number of rotatable bonds is 4. The Bertz CT molecular complexity index is 938. The lowest BCUT2D eigenvalue weighted by molar-refractivity contribution is 0.151. The minimum absolute atomic E-state index is 0.193. The number of urea groups is 1. The summed E-state index contributed by atoms with van der Waals surface area (Å²) in [6, 6.07) is 1.62. The first-order valence-electron chi connectivity index (χ1n) is 10.5. The second-order valence-corrected chi connectivity index (χ2v) is 9.04. The van der Waals surface area contributed by atoms with Gasteiger partial charge in [-0.3, -0.25) is 4.90 Å². The molecule has 5 rings (SSSR count). The average Bonchev–Trinajstić information content (AvgIpc) is 3.29. The molecule has 1 spiro atoms. The zero-order valence-electron chi connectivity index (χ0n) is 16.7. The molecule has 7 nitrogen and oxygen atoms in total. The van der Waals surface area contributed by atoms with Crippen molar-refractivity contribution >= 4 is 34.4 Å². The Morgan fingerprint density at radius 2 is 2.21 bits per heavy atom. The normalized spacial score (nSPS) is 23.9. The van der Waals surface area contributed by atoms with Crippen molar-refractivity contribution in [3.8, 4) is 0 Å². The number of benzene rings is 1. The topological polar surface area (TPSA) is 79.6 Å². The minimum Gasteiger partial charge on any atom is -0.439 e. The van der Waals surface area contributed by atoms with Gasteiger partial charge in [0.1, 0.15) is 5.52 Å². The molecule has 8 heteroatoms. The highest BCUT2D eigenvalue weighted by Crippen LogP contribution is 2.48. The Balaban J connectivity index is 1.52. The number of likely N-dealkylation sites (tertiary alicyclic amines) is 1. The number of nitrogens with zero attached hydrogens (tertiary/aromatic N) is 2. The van der Waals surface area contributed by atoms with E-state index in [9.17, 15) is 4.79 Å². The quantitative estimate of drug-likeness (QED) is 0.776. The molecule has 3 heterocycles. The molecule has 1 atom stereocenters. The molecule has 2 N–H and O–H groups in total. The number of nitrogens with one attached hydrogen (secondary N) is 2. The van der Waals surface area contributed by atoms with Crippen LogP contribution >= 0.6 is 11.6 Å². The summed E-state index contributed by atoms with van der Waals surface area (Å²) in [6.07, 6.45) is 6.25. The summed E-state index contributed by atoms with van der Waals surface area (Å²) >= 11 is 6.57. The lowest BCUT2D eigenvalue weighted by Crippen LogP contribution is -2.52. The van der Waals surface area contributed by atoms with Crippen LogP contribution in [0.1, 0.15) is 50.0 Å². The summed E-state index contributed by atoms with van der Waals surface area (Å²) in [5.74, 6) is 1.27. The van der Waals surface area contributed by atoms with Crippen molar-refractivity contribution in [1.29, 1.82) is 0 Å². The lowest BCUT2D eigenvalue weighted by atomic mass is 9.74. The number of anilines is 1. The summed E-state index contributed by atoms with van der Waals surface area (Å²) in [4.78, 5) is 19.5. The number of ether oxygens (including phenoxy) is 1. The number of carbonyl (C=O) groups excluding carboxylic acids is 1. The summed E-state index contributed by atoms with van der Waals surface area (Å²) in [5.41, 5.74) is 2.74. The Morgan fingerprint density at radius 1 is 1.38 bits per heavy atom. The molecule has 2 aromatic rings. The van der Waals surface area contributed by atoms with Crippen LogP contribution in [0.15, 0.2) is 10.5 Å². The third-order valence-electron chi connectivity index (χ3n) is 6.59. The zero-order valence-corrected chi connectivity index (χ0v) is 17.5. The Labute approximate surface area is 175 Å². The first kappa shape index (κ1) is 19.2. The standard InChI is InChI=1S/C21H27ClN4O3/c1-28-12-13-5-8-26(10-13)11-16-23-15-9-14(22)18-17(19(15)29-16)21(25-20(27)24-18)6-3-2-4-7-21/h9,13H,2-8,10-12H2,1H3,(H2,24,25,27)/t13-/m1/s1. The van der Waals surface area contributed by atoms with Gasteiger partial charge < -0.3 is 19.8 Å². The molecule has 0 unspecified atom stereocenters. The van der Waals surface area contributed by atoms with E-state index in [1.165, 1.54) is 6.42 Å². The van der Waals surface area contributed by atoms with Gasteiger partial charge in [-0.15, -0.1) is 0 Å². The number of fused-ring (bicyclic) bond motifs is 4. The third kappa shape index (κ3) is 3.39. The van der Waals surface area contributed by atoms with Crippen molar-refractivity contribution in [2.75, 3.05) is 32.1 Å². The fraction of sp³-hybridized carbons (Fsp3) is 0.619. The van der Waals surface area contributed by atoms with E-state index < -0.39 is 5.54 Å². The zero-order chi connectivity index (χ0) is 20.0. The van der Waals surface area contributed by atoms with E-state index in [0.717, 1.165) is 68.5 Å². The van der Waals surface area contributed by atoms with Gasteiger partial charge >= 0.3 is 6.03 Å². The number of carbonyl (C=O) groups is 1. The molecule has 3 aliphatic rings. The van der Waals surface area contributed by atoms with Crippen molar-refractivity contribution < 1.29 is 13.9 Å². The molecular weight excluding hydrogens is 392 g/mol. The molecule has 1 saturated heterocycles. The molecule has 1 aromatic carbocycles. The van der Waals surface area contributed by atoms with Gasteiger partial charge in [-0.05, 0) is 37.8 Å². The molecule has 2 amide bonds. The molecular formula is C21H27ClN4O3. The van der Waals surface area contributed by atoms with Crippen LogP contribution < -0.4 is 10.6 Å². The van der Waals surface area contributed by atoms with Gasteiger partial charge in [0, 0.05) is 19.2 Å². The minimum atomic E-state index is -0.424. The number of hydrogen-bond acceptors (Lipinski definition) is 5. The first-order valence-corrected chi connectivity index (χ1v) is 10.9. The molecule has 1 aromatic heterocycles. The largest absolute Gasteiger partial charge is 0.439 e. The van der Waals surface area contributed by atoms with E-state index in [4.69, 9.17) is 25.7 Å². The van der Waals surface area contributed by atoms with E-state index in [1.807, 2.05) is 6.07 Å². The number of aromatic nitrogens is 1. The highest BCUT2D eigenvalue weighted by atomic mass is 35.5. The van der Waals surface area contributed by atoms with Crippen LogP contribution in [0.3, 0.4) is 0 Å². The SMILES string of the molecule is COC[C@@H]1CCN(Cc2nc3cc(Cl)c4c(c3o2)C2(CCCCC2)NC(=O)N4)C1. The van der Waals surface area contributed by atoms with Crippen LogP contribution in [0.25, 0.3) is 11.1 Å². The van der Waals surface area contributed by atoms with Crippen molar-refractivity contribution in [2.45, 2.75) is 50.6 Å². The molecule has 156 valence electrons. The van der Waals surface area contributed by atoms with Crippen molar-refractivity contribution in [1.82, 2.24) is 15.2 Å². The predicted molar refractivity (Wildman–Crippen MR) is 111 cm³/mol. The summed E-state index contributed by atoms with van der Waals surface area (Å²) in [5, 5.41) is 6.61. The van der Waals surface area contributed by atoms with E-state index in [1.54, 1.807) is 7.11 Å². The smallest absolute Gasteiger partial charge is 0.319 e. The van der Waals surface area contributed by atoms with Crippen LogP contribution in [0.5, 0.6) is 0 Å². The maximum Gasteiger partial charge on any atom is 0.319 e. The Kier molecular flexibility index (Phi) is 4.92. The Morgan fingerprint density at radius 3 is 3.00 bits per heavy atom. The second-order valence-electron chi connectivity index (χ2n) is 8.63. The van der Waals surface area contributed by atoms with Crippen LogP contribution in [-0.4, -0.2) is 42.7 Å². The van der Waals surface area contributed by atoms with Gasteiger partial charge in [0.05, 0.1) is 29.4 Å². The number of amides is 2. The van der Waals surface area contributed by atoms with Crippen molar-refractivity contribution in [2.24, 2.45) is 5.92 Å². The second kappa shape index (κ2) is 7.45. The van der Waals surface area contributed by atoms with Gasteiger partial charge in [0.25, 0.3) is 0 Å². The molecule has 1 aliphatic carbocycles. The summed E-state index contributed by atoms with van der Waals surface area (Å²) in [7, 11) is 1.75. The van der Waals surface area contributed by atoms with Crippen LogP contribution in [0, 0.1) is 5.92 Å². The van der Waals surface area contributed by atoms with E-state index >= 15 is 0 Å². The molecule has 2 fully saturated rings. The van der Waals surface area contributed by atoms with Gasteiger partial charge in [0.2, 0.25) is 5.89 Å².